The maximum atomic E-state index is 13.4. The quantitative estimate of drug-likeness (QED) is 0.502. The number of pyridine rings is 1. The Morgan fingerprint density at radius 2 is 1.66 bits per heavy atom. The molecule has 2 aromatic carbocycles. The summed E-state index contributed by atoms with van der Waals surface area (Å²) in [6, 6.07) is 19.2. The van der Waals surface area contributed by atoms with Crippen molar-refractivity contribution in [3.05, 3.63) is 99.5 Å². The van der Waals surface area contributed by atoms with Crippen molar-refractivity contribution in [1.29, 1.82) is 0 Å². The molecule has 1 N–H and O–H groups in total. The average Bonchev–Trinajstić information content (AvgIpc) is 2.88. The molecular weight excluding hydrogens is 448 g/mol. The van der Waals surface area contributed by atoms with Crippen LogP contribution in [0.4, 0.5) is 0 Å². The molecule has 4 rings (SSSR count). The summed E-state index contributed by atoms with van der Waals surface area (Å²) >= 11 is 0. The number of hydrogen-bond donors (Lipinski definition) is 1. The standard InChI is InChI=1S/C27H28N2O6/c1-3-35-27(33)20-16-29-21(17-28(14-15-34-2)26(32)23(29)25(31)24(20)30)22(18-10-6-4-7-11-18)19-12-8-5-9-13-19/h4-13,16,21-22,31H,3,14-15,17H2,1-2H3. The van der Waals surface area contributed by atoms with Crippen LogP contribution in [0.2, 0.25) is 0 Å². The number of ether oxygens (including phenoxy) is 2. The van der Waals surface area contributed by atoms with Gasteiger partial charge in [0.15, 0.2) is 11.4 Å². The van der Waals surface area contributed by atoms with E-state index in [4.69, 9.17) is 9.47 Å². The third-order valence-corrected chi connectivity index (χ3v) is 6.23. The van der Waals surface area contributed by atoms with Crippen LogP contribution < -0.4 is 5.43 Å². The number of fused-ring (bicyclic) bond motifs is 1. The van der Waals surface area contributed by atoms with Crippen LogP contribution in [0.5, 0.6) is 5.75 Å². The van der Waals surface area contributed by atoms with Crippen molar-refractivity contribution in [2.75, 3.05) is 33.4 Å². The minimum atomic E-state index is -0.925. The van der Waals surface area contributed by atoms with Crippen LogP contribution in [-0.2, 0) is 9.47 Å². The molecule has 0 bridgehead atoms. The van der Waals surface area contributed by atoms with Crippen LogP contribution in [0.3, 0.4) is 0 Å². The van der Waals surface area contributed by atoms with Crippen molar-refractivity contribution in [2.24, 2.45) is 0 Å². The SMILES string of the molecule is CCOC(=O)c1cn2c(c(O)c1=O)C(=O)N(CCOC)CC2C(c1ccccc1)c1ccccc1. The Balaban J connectivity index is 1.96. The molecule has 3 aromatic rings. The van der Waals surface area contributed by atoms with Gasteiger partial charge in [0.25, 0.3) is 5.91 Å². The molecule has 1 amide bonds. The average molecular weight is 477 g/mol. The molecule has 35 heavy (non-hydrogen) atoms. The van der Waals surface area contributed by atoms with Crippen LogP contribution in [0.1, 0.15) is 50.9 Å². The number of rotatable bonds is 8. The summed E-state index contributed by atoms with van der Waals surface area (Å²) in [5.41, 5.74) is 0.605. The van der Waals surface area contributed by atoms with Crippen LogP contribution in [0.15, 0.2) is 71.7 Å². The molecule has 1 atom stereocenters. The van der Waals surface area contributed by atoms with E-state index in [1.807, 2.05) is 60.7 Å². The van der Waals surface area contributed by atoms with Crippen molar-refractivity contribution in [3.63, 3.8) is 0 Å². The van der Waals surface area contributed by atoms with Crippen molar-refractivity contribution in [3.8, 4) is 5.75 Å². The molecule has 1 aromatic heterocycles. The monoisotopic (exact) mass is 476 g/mol. The highest BCUT2D eigenvalue weighted by molar-refractivity contribution is 5.98. The van der Waals surface area contributed by atoms with Gasteiger partial charge in [-0.15, -0.1) is 0 Å². The van der Waals surface area contributed by atoms with Gasteiger partial charge in [0.1, 0.15) is 5.56 Å². The van der Waals surface area contributed by atoms with E-state index in [0.29, 0.717) is 6.61 Å². The van der Waals surface area contributed by atoms with Crippen LogP contribution >= 0.6 is 0 Å². The Hall–Kier alpha value is -3.91. The van der Waals surface area contributed by atoms with E-state index in [1.54, 1.807) is 23.5 Å². The zero-order chi connectivity index (χ0) is 24.9. The number of nitrogens with zero attached hydrogens (tertiary/aromatic N) is 2. The van der Waals surface area contributed by atoms with Gasteiger partial charge < -0.3 is 24.0 Å². The van der Waals surface area contributed by atoms with E-state index in [1.165, 1.54) is 6.20 Å². The first-order chi connectivity index (χ1) is 17.0. The Morgan fingerprint density at radius 3 is 2.20 bits per heavy atom. The highest BCUT2D eigenvalue weighted by Crippen LogP contribution is 2.40. The Morgan fingerprint density at radius 1 is 1.06 bits per heavy atom. The molecule has 1 aliphatic rings. The summed E-state index contributed by atoms with van der Waals surface area (Å²) in [5.74, 6) is -2.34. The van der Waals surface area contributed by atoms with Gasteiger partial charge >= 0.3 is 5.97 Å². The Labute approximate surface area is 203 Å². The van der Waals surface area contributed by atoms with Crippen LogP contribution in [0, 0.1) is 0 Å². The number of carbonyl (C=O) groups excluding carboxylic acids is 2. The molecule has 8 heteroatoms. The second-order valence-electron chi connectivity index (χ2n) is 8.31. The minimum absolute atomic E-state index is 0.0740. The van der Waals surface area contributed by atoms with Crippen LogP contribution in [-0.4, -0.2) is 59.9 Å². The zero-order valence-corrected chi connectivity index (χ0v) is 19.7. The lowest BCUT2D eigenvalue weighted by molar-refractivity contribution is 0.0512. The lowest BCUT2D eigenvalue weighted by atomic mass is 9.83. The fourth-order valence-corrected chi connectivity index (χ4v) is 4.61. The third kappa shape index (κ3) is 4.70. The maximum absolute atomic E-state index is 13.4. The minimum Gasteiger partial charge on any atom is -0.503 e. The summed E-state index contributed by atoms with van der Waals surface area (Å²) in [6.07, 6.45) is 1.35. The van der Waals surface area contributed by atoms with E-state index < -0.39 is 29.1 Å². The van der Waals surface area contributed by atoms with E-state index in [2.05, 4.69) is 0 Å². The van der Waals surface area contributed by atoms with E-state index >= 15 is 0 Å². The predicted octanol–water partition coefficient (Wildman–Crippen LogP) is 3.21. The van der Waals surface area contributed by atoms with Crippen molar-refractivity contribution >= 4 is 11.9 Å². The first kappa shape index (κ1) is 24.2. The normalized spacial score (nSPS) is 15.2. The van der Waals surface area contributed by atoms with Gasteiger partial charge in [-0.1, -0.05) is 60.7 Å². The largest absolute Gasteiger partial charge is 0.503 e. The number of aromatic hydroxyl groups is 1. The zero-order valence-electron chi connectivity index (χ0n) is 19.7. The first-order valence-electron chi connectivity index (χ1n) is 11.5. The Kier molecular flexibility index (Phi) is 7.31. The van der Waals surface area contributed by atoms with E-state index in [0.717, 1.165) is 11.1 Å². The topological polar surface area (TPSA) is 98.1 Å². The number of esters is 1. The molecular formula is C27H28N2O6. The number of aromatic nitrogens is 1. The summed E-state index contributed by atoms with van der Waals surface area (Å²) < 4.78 is 11.8. The highest BCUT2D eigenvalue weighted by atomic mass is 16.5. The summed E-state index contributed by atoms with van der Waals surface area (Å²) in [7, 11) is 1.55. The van der Waals surface area contributed by atoms with Gasteiger partial charge in [-0.25, -0.2) is 4.79 Å². The summed E-state index contributed by atoms with van der Waals surface area (Å²) in [5, 5.41) is 10.9. The lowest BCUT2D eigenvalue weighted by Gasteiger charge is -2.40. The molecule has 0 fully saturated rings. The number of hydrogen-bond acceptors (Lipinski definition) is 6. The number of carbonyl (C=O) groups is 2. The van der Waals surface area contributed by atoms with Gasteiger partial charge in [0, 0.05) is 32.3 Å². The van der Waals surface area contributed by atoms with Gasteiger partial charge in [-0.05, 0) is 18.1 Å². The third-order valence-electron chi connectivity index (χ3n) is 6.23. The lowest BCUT2D eigenvalue weighted by Crippen LogP contribution is -2.47. The van der Waals surface area contributed by atoms with Gasteiger partial charge in [0.2, 0.25) is 5.43 Å². The molecule has 0 aliphatic carbocycles. The van der Waals surface area contributed by atoms with Crippen molar-refractivity contribution in [1.82, 2.24) is 9.47 Å². The Bertz CT molecular complexity index is 1220. The van der Waals surface area contributed by atoms with Gasteiger partial charge in [0.05, 0.1) is 19.3 Å². The van der Waals surface area contributed by atoms with E-state index in [9.17, 15) is 19.5 Å². The van der Waals surface area contributed by atoms with Gasteiger partial charge in [-0.3, -0.25) is 9.59 Å². The fraction of sp³-hybridized carbons (Fsp3) is 0.296. The fourth-order valence-electron chi connectivity index (χ4n) is 4.61. The van der Waals surface area contributed by atoms with Crippen LogP contribution in [0.25, 0.3) is 0 Å². The highest BCUT2D eigenvalue weighted by Gasteiger charge is 2.39. The molecule has 0 radical (unpaired) electrons. The summed E-state index contributed by atoms with van der Waals surface area (Å²) in [6.45, 7) is 2.58. The smallest absolute Gasteiger partial charge is 0.343 e. The molecule has 182 valence electrons. The first-order valence-corrected chi connectivity index (χ1v) is 11.5. The van der Waals surface area contributed by atoms with Crippen molar-refractivity contribution < 1.29 is 24.2 Å². The molecule has 2 heterocycles. The second kappa shape index (κ2) is 10.6. The predicted molar refractivity (Wildman–Crippen MR) is 130 cm³/mol. The molecule has 0 saturated heterocycles. The van der Waals surface area contributed by atoms with Gasteiger partial charge in [-0.2, -0.15) is 0 Å². The molecule has 0 saturated carbocycles. The molecule has 1 aliphatic heterocycles. The number of benzene rings is 2. The summed E-state index contributed by atoms with van der Waals surface area (Å²) in [4.78, 5) is 40.4. The van der Waals surface area contributed by atoms with E-state index in [-0.39, 0.29) is 36.9 Å². The van der Waals surface area contributed by atoms with Crippen molar-refractivity contribution in [2.45, 2.75) is 18.9 Å². The molecule has 1 unspecified atom stereocenters. The number of methoxy groups -OCH3 is 1. The number of amides is 1. The maximum Gasteiger partial charge on any atom is 0.343 e. The second-order valence-corrected chi connectivity index (χ2v) is 8.31. The molecule has 0 spiro atoms. The molecule has 8 nitrogen and oxygen atoms in total.